The van der Waals surface area contributed by atoms with Crippen molar-refractivity contribution in [1.29, 1.82) is 0 Å². The van der Waals surface area contributed by atoms with Gasteiger partial charge in [-0.1, -0.05) is 41.9 Å². The van der Waals surface area contributed by atoms with Gasteiger partial charge in [0.25, 0.3) is 5.91 Å². The molecule has 0 radical (unpaired) electrons. The van der Waals surface area contributed by atoms with Crippen LogP contribution in [0, 0.1) is 0 Å². The van der Waals surface area contributed by atoms with Crippen LogP contribution in [0.4, 0.5) is 16.2 Å². The Bertz CT molecular complexity index is 1330. The monoisotopic (exact) mass is 500 g/mol. The molecule has 4 N–H and O–H groups in total. The van der Waals surface area contributed by atoms with E-state index in [9.17, 15) is 14.4 Å². The van der Waals surface area contributed by atoms with E-state index in [1.54, 1.807) is 37.3 Å². The first-order valence-electron chi connectivity index (χ1n) is 10.6. The number of carbonyl (C=O) groups is 3. The van der Waals surface area contributed by atoms with Gasteiger partial charge in [-0.05, 0) is 44.0 Å². The molecule has 4 rings (SSSR count). The minimum absolute atomic E-state index is 0.00802. The lowest BCUT2D eigenvalue weighted by Gasteiger charge is -2.23. The Labute approximate surface area is 205 Å². The van der Waals surface area contributed by atoms with E-state index in [1.807, 2.05) is 0 Å². The van der Waals surface area contributed by atoms with Crippen LogP contribution in [0.3, 0.4) is 0 Å². The average Bonchev–Trinajstić information content (AvgIpc) is 3.53. The molecule has 1 aliphatic carbocycles. The number of nitrogens with two attached hydrogens (primary N) is 1. The van der Waals surface area contributed by atoms with Crippen molar-refractivity contribution in [3.8, 4) is 0 Å². The Kier molecular flexibility index (Phi) is 6.54. The lowest BCUT2D eigenvalue weighted by atomic mass is 10.0. The summed E-state index contributed by atoms with van der Waals surface area (Å²) in [5.74, 6) is -1.26. The molecule has 0 bridgehead atoms. The van der Waals surface area contributed by atoms with Gasteiger partial charge in [0.15, 0.2) is 0 Å². The Morgan fingerprint density at radius 2 is 1.94 bits per heavy atom. The summed E-state index contributed by atoms with van der Waals surface area (Å²) < 4.78 is 5.15. The molecule has 0 saturated heterocycles. The van der Waals surface area contributed by atoms with Gasteiger partial charge in [0.1, 0.15) is 5.69 Å². The summed E-state index contributed by atoms with van der Waals surface area (Å²) in [6.45, 7) is 5.74. The van der Waals surface area contributed by atoms with Crippen LogP contribution >= 0.6 is 23.2 Å². The molecule has 1 heterocycles. The number of ether oxygens (including phenoxy) is 1. The first kappa shape index (κ1) is 23.7. The van der Waals surface area contributed by atoms with E-state index in [2.05, 4.69) is 16.9 Å². The second-order valence-corrected chi connectivity index (χ2v) is 8.64. The molecular formula is C24H22Cl2N4O4. The molecule has 0 atom stereocenters. The highest BCUT2D eigenvalue weighted by Crippen LogP contribution is 2.38. The standard InChI is InChI=1S/C24H22Cl2N4O4/c1-3-34-23(32)21-19(20-15(26)10-13(25)11-17(20)28-21)12(2)22(31)29-16-6-4-5-7-18(16)30(24(27)33)14-8-9-14/h4-7,10-11,14,28H,2-3,8-9H2,1H3,(H2,27,33)(H,29,31). The number of benzene rings is 2. The van der Waals surface area contributed by atoms with Crippen LogP contribution in [-0.4, -0.2) is 35.5 Å². The van der Waals surface area contributed by atoms with Crippen molar-refractivity contribution in [2.45, 2.75) is 25.8 Å². The summed E-state index contributed by atoms with van der Waals surface area (Å²) in [4.78, 5) is 42.5. The number of aromatic amines is 1. The number of primary amides is 1. The number of carbonyl (C=O) groups excluding carboxylic acids is 3. The lowest BCUT2D eigenvalue weighted by molar-refractivity contribution is -0.111. The predicted octanol–water partition coefficient (Wildman–Crippen LogP) is 5.35. The normalized spacial score (nSPS) is 12.9. The summed E-state index contributed by atoms with van der Waals surface area (Å²) >= 11 is 12.5. The van der Waals surface area contributed by atoms with Crippen LogP contribution in [0.15, 0.2) is 43.0 Å². The number of H-pyrrole nitrogens is 1. The topological polar surface area (TPSA) is 118 Å². The fourth-order valence-corrected chi connectivity index (χ4v) is 4.42. The van der Waals surface area contributed by atoms with Crippen molar-refractivity contribution >= 4 is 69.0 Å². The molecule has 8 nitrogen and oxygen atoms in total. The van der Waals surface area contributed by atoms with E-state index in [0.29, 0.717) is 27.3 Å². The summed E-state index contributed by atoms with van der Waals surface area (Å²) in [5, 5.41) is 3.80. The number of hydrogen-bond donors (Lipinski definition) is 3. The summed E-state index contributed by atoms with van der Waals surface area (Å²) in [6.07, 6.45) is 1.66. The smallest absolute Gasteiger partial charge is 0.355 e. The van der Waals surface area contributed by atoms with Gasteiger partial charge in [-0.2, -0.15) is 0 Å². The minimum Gasteiger partial charge on any atom is -0.461 e. The number of para-hydroxylation sites is 2. The predicted molar refractivity (Wildman–Crippen MR) is 133 cm³/mol. The second kappa shape index (κ2) is 9.40. The van der Waals surface area contributed by atoms with Crippen molar-refractivity contribution in [3.05, 3.63) is 64.3 Å². The van der Waals surface area contributed by atoms with Gasteiger partial charge in [0, 0.05) is 33.1 Å². The first-order chi connectivity index (χ1) is 16.2. The third-order valence-corrected chi connectivity index (χ3v) is 5.95. The van der Waals surface area contributed by atoms with Gasteiger partial charge in [0.05, 0.1) is 23.0 Å². The fourth-order valence-electron chi connectivity index (χ4n) is 3.84. The number of hydrogen-bond acceptors (Lipinski definition) is 4. The molecule has 10 heteroatoms. The third-order valence-electron chi connectivity index (χ3n) is 5.43. The Morgan fingerprint density at radius 1 is 1.24 bits per heavy atom. The van der Waals surface area contributed by atoms with Crippen LogP contribution in [0.25, 0.3) is 16.5 Å². The molecule has 1 saturated carbocycles. The zero-order valence-electron chi connectivity index (χ0n) is 18.3. The van der Waals surface area contributed by atoms with E-state index in [-0.39, 0.29) is 34.5 Å². The second-order valence-electron chi connectivity index (χ2n) is 7.79. The van der Waals surface area contributed by atoms with Crippen LogP contribution in [0.2, 0.25) is 10.0 Å². The molecule has 34 heavy (non-hydrogen) atoms. The summed E-state index contributed by atoms with van der Waals surface area (Å²) in [5.41, 5.74) is 7.13. The summed E-state index contributed by atoms with van der Waals surface area (Å²) in [7, 11) is 0. The zero-order valence-corrected chi connectivity index (χ0v) is 19.8. The number of halogens is 2. The Balaban J connectivity index is 1.74. The molecule has 0 spiro atoms. The number of fused-ring (bicyclic) bond motifs is 1. The van der Waals surface area contributed by atoms with Crippen molar-refractivity contribution in [3.63, 3.8) is 0 Å². The van der Waals surface area contributed by atoms with E-state index < -0.39 is 17.9 Å². The van der Waals surface area contributed by atoms with Crippen LogP contribution < -0.4 is 16.0 Å². The number of amides is 3. The molecule has 0 aliphatic heterocycles. The maximum absolute atomic E-state index is 13.3. The quantitative estimate of drug-likeness (QED) is 0.299. The number of nitrogens with zero attached hydrogens (tertiary/aromatic N) is 1. The van der Waals surface area contributed by atoms with E-state index in [0.717, 1.165) is 12.8 Å². The average molecular weight is 501 g/mol. The number of rotatable bonds is 7. The Hall–Kier alpha value is -3.49. The molecule has 1 aliphatic rings. The number of esters is 1. The van der Waals surface area contributed by atoms with Gasteiger partial charge in [-0.25, -0.2) is 9.59 Å². The molecule has 1 fully saturated rings. The summed E-state index contributed by atoms with van der Waals surface area (Å²) in [6, 6.07) is 9.33. The molecule has 0 unspecified atom stereocenters. The van der Waals surface area contributed by atoms with Gasteiger partial charge >= 0.3 is 12.0 Å². The fraction of sp³-hybridized carbons (Fsp3) is 0.208. The van der Waals surface area contributed by atoms with Gasteiger partial charge in [-0.15, -0.1) is 0 Å². The van der Waals surface area contributed by atoms with Crippen LogP contribution in [0.1, 0.15) is 35.8 Å². The molecular weight excluding hydrogens is 479 g/mol. The van der Waals surface area contributed by atoms with E-state index >= 15 is 0 Å². The Morgan fingerprint density at radius 3 is 2.59 bits per heavy atom. The molecule has 176 valence electrons. The number of nitrogens with one attached hydrogen (secondary N) is 2. The zero-order chi connectivity index (χ0) is 24.6. The van der Waals surface area contributed by atoms with Crippen molar-refractivity contribution in [1.82, 2.24) is 4.98 Å². The van der Waals surface area contributed by atoms with Crippen molar-refractivity contribution < 1.29 is 19.1 Å². The number of urea groups is 1. The highest BCUT2D eigenvalue weighted by molar-refractivity contribution is 6.41. The van der Waals surface area contributed by atoms with Gasteiger partial charge in [-0.3, -0.25) is 9.69 Å². The number of anilines is 2. The third kappa shape index (κ3) is 4.47. The maximum atomic E-state index is 13.3. The highest BCUT2D eigenvalue weighted by Gasteiger charge is 2.34. The van der Waals surface area contributed by atoms with Crippen molar-refractivity contribution in [2.75, 3.05) is 16.8 Å². The molecule has 3 amide bonds. The molecule has 1 aromatic heterocycles. The lowest BCUT2D eigenvalue weighted by Crippen LogP contribution is -2.38. The molecule has 2 aromatic carbocycles. The highest BCUT2D eigenvalue weighted by atomic mass is 35.5. The van der Waals surface area contributed by atoms with E-state index in [4.69, 9.17) is 33.7 Å². The van der Waals surface area contributed by atoms with Gasteiger partial charge < -0.3 is 20.8 Å². The largest absolute Gasteiger partial charge is 0.461 e. The minimum atomic E-state index is -0.663. The maximum Gasteiger partial charge on any atom is 0.355 e. The van der Waals surface area contributed by atoms with Crippen LogP contribution in [0.5, 0.6) is 0 Å². The first-order valence-corrected chi connectivity index (χ1v) is 11.3. The molecule has 3 aromatic rings. The van der Waals surface area contributed by atoms with Gasteiger partial charge in [0.2, 0.25) is 0 Å². The number of aromatic nitrogens is 1. The van der Waals surface area contributed by atoms with Crippen LogP contribution in [-0.2, 0) is 9.53 Å². The SMILES string of the molecule is C=C(C(=O)Nc1ccccc1N(C(N)=O)C1CC1)c1c(C(=O)OCC)[nH]c2cc(Cl)cc(Cl)c12. The van der Waals surface area contributed by atoms with E-state index in [1.165, 1.54) is 11.0 Å². The van der Waals surface area contributed by atoms with Crippen molar-refractivity contribution in [2.24, 2.45) is 5.73 Å².